The first-order valence-electron chi connectivity index (χ1n) is 8.67. The van der Waals surface area contributed by atoms with Crippen LogP contribution in [-0.2, 0) is 17.8 Å². The van der Waals surface area contributed by atoms with E-state index in [-0.39, 0.29) is 6.03 Å². The van der Waals surface area contributed by atoms with E-state index in [1.807, 2.05) is 37.4 Å². The molecule has 5 heteroatoms. The van der Waals surface area contributed by atoms with Gasteiger partial charge in [-0.05, 0) is 23.3 Å². The van der Waals surface area contributed by atoms with Crippen molar-refractivity contribution in [1.82, 2.24) is 10.2 Å². The van der Waals surface area contributed by atoms with Gasteiger partial charge in [-0.25, -0.2) is 4.79 Å². The van der Waals surface area contributed by atoms with Crippen molar-refractivity contribution in [2.75, 3.05) is 38.3 Å². The summed E-state index contributed by atoms with van der Waals surface area (Å²) in [4.78, 5) is 16.3. The molecule has 1 aliphatic heterocycles. The third kappa shape index (κ3) is 4.97. The lowest BCUT2D eigenvalue weighted by molar-refractivity contribution is 0.122. The maximum absolute atomic E-state index is 12.2. The van der Waals surface area contributed by atoms with Gasteiger partial charge in [-0.3, -0.25) is 0 Å². The van der Waals surface area contributed by atoms with E-state index in [0.717, 1.165) is 37.4 Å². The number of anilines is 1. The second-order valence-electron chi connectivity index (χ2n) is 6.27. The third-order valence-electron chi connectivity index (χ3n) is 4.37. The molecule has 5 nitrogen and oxygen atoms in total. The van der Waals surface area contributed by atoms with Gasteiger partial charge >= 0.3 is 6.03 Å². The van der Waals surface area contributed by atoms with Crippen molar-refractivity contribution in [2.24, 2.45) is 0 Å². The number of hydrogen-bond acceptors (Lipinski definition) is 3. The molecule has 1 N–H and O–H groups in total. The van der Waals surface area contributed by atoms with Crippen molar-refractivity contribution < 1.29 is 9.53 Å². The Kier molecular flexibility index (Phi) is 5.90. The van der Waals surface area contributed by atoms with E-state index in [4.69, 9.17) is 4.74 Å². The van der Waals surface area contributed by atoms with Crippen LogP contribution in [0.3, 0.4) is 0 Å². The van der Waals surface area contributed by atoms with Crippen molar-refractivity contribution in [3.8, 4) is 0 Å². The predicted octanol–water partition coefficient (Wildman–Crippen LogP) is 2.86. The summed E-state index contributed by atoms with van der Waals surface area (Å²) < 4.78 is 5.39. The molecule has 1 saturated heterocycles. The highest BCUT2D eigenvalue weighted by atomic mass is 16.5. The third-order valence-corrected chi connectivity index (χ3v) is 4.37. The van der Waals surface area contributed by atoms with Crippen molar-refractivity contribution in [1.29, 1.82) is 0 Å². The van der Waals surface area contributed by atoms with Crippen molar-refractivity contribution in [3.05, 3.63) is 65.7 Å². The van der Waals surface area contributed by atoms with Crippen LogP contribution in [0.2, 0.25) is 0 Å². The Hall–Kier alpha value is -2.53. The lowest BCUT2D eigenvalue weighted by Crippen LogP contribution is -2.36. The molecule has 0 unspecified atom stereocenters. The molecule has 0 aliphatic carbocycles. The average molecular weight is 339 g/mol. The highest BCUT2D eigenvalue weighted by Gasteiger charge is 2.12. The number of hydrogen-bond donors (Lipinski definition) is 1. The Morgan fingerprint density at radius 3 is 2.40 bits per heavy atom. The first kappa shape index (κ1) is 17.3. The average Bonchev–Trinajstić information content (AvgIpc) is 2.68. The van der Waals surface area contributed by atoms with E-state index in [1.165, 1.54) is 5.69 Å². The van der Waals surface area contributed by atoms with Crippen molar-refractivity contribution in [2.45, 2.75) is 13.1 Å². The molecule has 0 saturated carbocycles. The Balaban J connectivity index is 1.49. The number of ether oxygens (including phenoxy) is 1. The van der Waals surface area contributed by atoms with Crippen molar-refractivity contribution >= 4 is 11.7 Å². The maximum atomic E-state index is 12.2. The smallest absolute Gasteiger partial charge is 0.317 e. The number of benzene rings is 2. The van der Waals surface area contributed by atoms with Gasteiger partial charge in [-0.1, -0.05) is 42.5 Å². The molecule has 0 bridgehead atoms. The number of carbonyl (C=O) groups is 1. The van der Waals surface area contributed by atoms with Gasteiger partial charge in [0.1, 0.15) is 0 Å². The summed E-state index contributed by atoms with van der Waals surface area (Å²) in [5.74, 6) is 0. The fourth-order valence-corrected chi connectivity index (χ4v) is 2.89. The van der Waals surface area contributed by atoms with Gasteiger partial charge in [-0.15, -0.1) is 0 Å². The van der Waals surface area contributed by atoms with Crippen LogP contribution in [-0.4, -0.2) is 44.3 Å². The summed E-state index contributed by atoms with van der Waals surface area (Å²) in [6.07, 6.45) is 0. The van der Waals surface area contributed by atoms with Crippen LogP contribution in [0, 0.1) is 0 Å². The Morgan fingerprint density at radius 2 is 1.72 bits per heavy atom. The molecule has 1 aliphatic rings. The lowest BCUT2D eigenvalue weighted by Gasteiger charge is -2.29. The molecule has 2 aromatic rings. The minimum Gasteiger partial charge on any atom is -0.378 e. The monoisotopic (exact) mass is 339 g/mol. The molecule has 0 spiro atoms. The van der Waals surface area contributed by atoms with E-state index in [9.17, 15) is 4.79 Å². The van der Waals surface area contributed by atoms with Gasteiger partial charge < -0.3 is 19.9 Å². The van der Waals surface area contributed by atoms with Crippen LogP contribution in [0.25, 0.3) is 0 Å². The van der Waals surface area contributed by atoms with Gasteiger partial charge in [0.15, 0.2) is 0 Å². The zero-order valence-electron chi connectivity index (χ0n) is 14.6. The van der Waals surface area contributed by atoms with Crippen LogP contribution in [0.1, 0.15) is 11.1 Å². The van der Waals surface area contributed by atoms with E-state index >= 15 is 0 Å². The predicted molar refractivity (Wildman–Crippen MR) is 99.6 cm³/mol. The fourth-order valence-electron chi connectivity index (χ4n) is 2.89. The molecule has 3 rings (SSSR count). The van der Waals surface area contributed by atoms with Gasteiger partial charge in [0.2, 0.25) is 0 Å². The minimum atomic E-state index is -0.0684. The van der Waals surface area contributed by atoms with Gasteiger partial charge in [0, 0.05) is 38.9 Å². The topological polar surface area (TPSA) is 44.8 Å². The van der Waals surface area contributed by atoms with Crippen LogP contribution in [0.4, 0.5) is 10.5 Å². The normalized spacial score (nSPS) is 14.2. The number of urea groups is 1. The Labute approximate surface area is 149 Å². The number of nitrogens with one attached hydrogen (secondary N) is 1. The van der Waals surface area contributed by atoms with Gasteiger partial charge in [0.25, 0.3) is 0 Å². The molecule has 2 aromatic carbocycles. The molecule has 0 aromatic heterocycles. The number of rotatable bonds is 5. The number of carbonyl (C=O) groups excluding carboxylic acids is 1. The number of morpholine rings is 1. The molecule has 0 radical (unpaired) electrons. The zero-order valence-corrected chi connectivity index (χ0v) is 14.6. The van der Waals surface area contributed by atoms with E-state index < -0.39 is 0 Å². The SMILES string of the molecule is CN(Cc1ccc(N2CCOCC2)cc1)C(=O)NCc1ccccc1. The second-order valence-corrected chi connectivity index (χ2v) is 6.27. The van der Waals surface area contributed by atoms with E-state index in [1.54, 1.807) is 4.90 Å². The fraction of sp³-hybridized carbons (Fsp3) is 0.350. The molecule has 2 amide bonds. The van der Waals surface area contributed by atoms with Gasteiger partial charge in [0.05, 0.1) is 13.2 Å². The summed E-state index contributed by atoms with van der Waals surface area (Å²) in [5.41, 5.74) is 3.43. The summed E-state index contributed by atoms with van der Waals surface area (Å²) >= 11 is 0. The van der Waals surface area contributed by atoms with E-state index in [2.05, 4.69) is 34.5 Å². The summed E-state index contributed by atoms with van der Waals surface area (Å²) in [5, 5.41) is 2.95. The van der Waals surface area contributed by atoms with E-state index in [0.29, 0.717) is 13.1 Å². The quantitative estimate of drug-likeness (QED) is 0.911. The Morgan fingerprint density at radius 1 is 1.04 bits per heavy atom. The Bertz CT molecular complexity index is 667. The highest BCUT2D eigenvalue weighted by molar-refractivity contribution is 5.73. The van der Waals surface area contributed by atoms with Crippen LogP contribution < -0.4 is 10.2 Å². The maximum Gasteiger partial charge on any atom is 0.317 e. The standard InChI is InChI=1S/C20H25N3O2/c1-22(20(24)21-15-17-5-3-2-4-6-17)16-18-7-9-19(10-8-18)23-11-13-25-14-12-23/h2-10H,11-16H2,1H3,(H,21,24). The molecule has 25 heavy (non-hydrogen) atoms. The van der Waals surface area contributed by atoms with Crippen molar-refractivity contribution in [3.63, 3.8) is 0 Å². The lowest BCUT2D eigenvalue weighted by atomic mass is 10.2. The first-order valence-corrected chi connectivity index (χ1v) is 8.67. The van der Waals surface area contributed by atoms with Crippen LogP contribution in [0.5, 0.6) is 0 Å². The zero-order chi connectivity index (χ0) is 17.5. The number of nitrogens with zero attached hydrogens (tertiary/aromatic N) is 2. The summed E-state index contributed by atoms with van der Waals surface area (Å²) in [6, 6.07) is 18.3. The molecule has 132 valence electrons. The molecule has 0 atom stereocenters. The molecule has 1 fully saturated rings. The molecular formula is C20H25N3O2. The first-order chi connectivity index (χ1) is 12.2. The van der Waals surface area contributed by atoms with Crippen LogP contribution in [0.15, 0.2) is 54.6 Å². The summed E-state index contributed by atoms with van der Waals surface area (Å²) in [7, 11) is 1.82. The van der Waals surface area contributed by atoms with Crippen LogP contribution >= 0.6 is 0 Å². The largest absolute Gasteiger partial charge is 0.378 e. The highest BCUT2D eigenvalue weighted by Crippen LogP contribution is 2.17. The molecular weight excluding hydrogens is 314 g/mol. The summed E-state index contributed by atoms with van der Waals surface area (Å²) in [6.45, 7) is 4.56. The second kappa shape index (κ2) is 8.53. The molecule has 1 heterocycles. The van der Waals surface area contributed by atoms with Gasteiger partial charge in [-0.2, -0.15) is 0 Å². The number of amides is 2. The minimum absolute atomic E-state index is 0.0684.